The van der Waals surface area contributed by atoms with E-state index in [2.05, 4.69) is 21.6 Å². The molecule has 19 heavy (non-hydrogen) atoms. The lowest BCUT2D eigenvalue weighted by Gasteiger charge is -1.96. The topological polar surface area (TPSA) is 17.3 Å². The SMILES string of the molecule is Clc1ccc(-c2cn3c(nc4ccccc43)s2)cc1. The van der Waals surface area contributed by atoms with E-state index in [1.54, 1.807) is 11.3 Å². The third-order valence-electron chi connectivity index (χ3n) is 3.14. The first kappa shape index (κ1) is 11.0. The fourth-order valence-electron chi connectivity index (χ4n) is 2.21. The lowest BCUT2D eigenvalue weighted by atomic mass is 10.2. The molecule has 0 saturated carbocycles. The van der Waals surface area contributed by atoms with Crippen LogP contribution in [-0.2, 0) is 0 Å². The summed E-state index contributed by atoms with van der Waals surface area (Å²) in [5, 5.41) is 0.760. The molecule has 0 aliphatic rings. The summed E-state index contributed by atoms with van der Waals surface area (Å²) in [6.07, 6.45) is 2.14. The highest BCUT2D eigenvalue weighted by Gasteiger charge is 2.09. The van der Waals surface area contributed by atoms with E-state index >= 15 is 0 Å². The van der Waals surface area contributed by atoms with E-state index in [0.717, 1.165) is 21.0 Å². The second-order valence-electron chi connectivity index (χ2n) is 4.36. The number of rotatable bonds is 1. The van der Waals surface area contributed by atoms with E-state index in [9.17, 15) is 0 Å². The number of thiazole rings is 1. The molecule has 0 radical (unpaired) electrons. The Morgan fingerprint density at radius 3 is 2.63 bits per heavy atom. The number of halogens is 1. The van der Waals surface area contributed by atoms with Gasteiger partial charge in [0.2, 0.25) is 0 Å². The van der Waals surface area contributed by atoms with E-state index < -0.39 is 0 Å². The van der Waals surface area contributed by atoms with Gasteiger partial charge >= 0.3 is 0 Å². The normalized spacial score (nSPS) is 11.4. The second-order valence-corrected chi connectivity index (χ2v) is 5.80. The minimum Gasteiger partial charge on any atom is -0.290 e. The van der Waals surface area contributed by atoms with Crippen LogP contribution in [0.15, 0.2) is 54.7 Å². The first-order valence-electron chi connectivity index (χ1n) is 5.94. The van der Waals surface area contributed by atoms with Crippen molar-refractivity contribution >= 4 is 38.9 Å². The summed E-state index contributed by atoms with van der Waals surface area (Å²) in [4.78, 5) is 6.85. The molecule has 0 fully saturated rings. The molecule has 0 N–H and O–H groups in total. The largest absolute Gasteiger partial charge is 0.290 e. The van der Waals surface area contributed by atoms with Crippen LogP contribution in [-0.4, -0.2) is 9.38 Å². The Balaban J connectivity index is 1.94. The predicted octanol–water partition coefficient (Wildman–Crippen LogP) is 4.87. The molecule has 0 aliphatic heterocycles. The fourth-order valence-corrected chi connectivity index (χ4v) is 3.34. The summed E-state index contributed by atoms with van der Waals surface area (Å²) in [5.74, 6) is 0. The number of aromatic nitrogens is 2. The van der Waals surface area contributed by atoms with Gasteiger partial charge in [-0.2, -0.15) is 0 Å². The zero-order valence-electron chi connectivity index (χ0n) is 9.88. The molecule has 92 valence electrons. The maximum atomic E-state index is 5.92. The molecule has 2 aromatic heterocycles. The molecule has 4 aromatic rings. The van der Waals surface area contributed by atoms with Crippen molar-refractivity contribution in [3.8, 4) is 10.4 Å². The van der Waals surface area contributed by atoms with Crippen LogP contribution in [0.4, 0.5) is 0 Å². The van der Waals surface area contributed by atoms with Gasteiger partial charge in [0.1, 0.15) is 0 Å². The smallest absolute Gasteiger partial charge is 0.195 e. The average molecular weight is 285 g/mol. The number of hydrogen-bond acceptors (Lipinski definition) is 2. The Bertz CT molecular complexity index is 874. The van der Waals surface area contributed by atoms with Gasteiger partial charge in [0.25, 0.3) is 0 Å². The van der Waals surface area contributed by atoms with E-state index in [-0.39, 0.29) is 0 Å². The summed E-state index contributed by atoms with van der Waals surface area (Å²) in [6.45, 7) is 0. The van der Waals surface area contributed by atoms with Crippen molar-refractivity contribution in [1.82, 2.24) is 9.38 Å². The first-order chi connectivity index (χ1) is 9.31. The van der Waals surface area contributed by atoms with Gasteiger partial charge in [-0.05, 0) is 29.8 Å². The van der Waals surface area contributed by atoms with Crippen molar-refractivity contribution in [3.63, 3.8) is 0 Å². The number of para-hydroxylation sites is 2. The van der Waals surface area contributed by atoms with Gasteiger partial charge < -0.3 is 0 Å². The summed E-state index contributed by atoms with van der Waals surface area (Å²) in [7, 11) is 0. The molecule has 0 spiro atoms. The molecule has 0 aliphatic carbocycles. The molecule has 2 nitrogen and oxygen atoms in total. The molecule has 0 amide bonds. The van der Waals surface area contributed by atoms with Crippen LogP contribution in [0.1, 0.15) is 0 Å². The molecule has 4 heteroatoms. The zero-order chi connectivity index (χ0) is 12.8. The number of imidazole rings is 1. The Morgan fingerprint density at radius 2 is 1.79 bits per heavy atom. The predicted molar refractivity (Wildman–Crippen MR) is 81.0 cm³/mol. The van der Waals surface area contributed by atoms with Crippen molar-refractivity contribution in [2.45, 2.75) is 0 Å². The maximum Gasteiger partial charge on any atom is 0.195 e. The van der Waals surface area contributed by atoms with Gasteiger partial charge in [-0.1, -0.05) is 47.2 Å². The van der Waals surface area contributed by atoms with Crippen LogP contribution in [0, 0.1) is 0 Å². The van der Waals surface area contributed by atoms with Gasteiger partial charge in [0.05, 0.1) is 15.9 Å². The Labute approximate surface area is 118 Å². The van der Waals surface area contributed by atoms with Crippen LogP contribution in [0.2, 0.25) is 5.02 Å². The van der Waals surface area contributed by atoms with Gasteiger partial charge in [-0.3, -0.25) is 4.40 Å². The second kappa shape index (κ2) is 4.08. The van der Waals surface area contributed by atoms with Gasteiger partial charge in [0.15, 0.2) is 4.96 Å². The highest BCUT2D eigenvalue weighted by Crippen LogP contribution is 2.31. The van der Waals surface area contributed by atoms with E-state index in [0.29, 0.717) is 0 Å². The van der Waals surface area contributed by atoms with Crippen molar-refractivity contribution in [3.05, 3.63) is 59.8 Å². The van der Waals surface area contributed by atoms with E-state index in [1.807, 2.05) is 42.5 Å². The van der Waals surface area contributed by atoms with Crippen LogP contribution in [0.25, 0.3) is 26.4 Å². The van der Waals surface area contributed by atoms with Crippen LogP contribution in [0.5, 0.6) is 0 Å². The quantitative estimate of drug-likeness (QED) is 0.487. The van der Waals surface area contributed by atoms with E-state index in [1.165, 1.54) is 10.4 Å². The standard InChI is InChI=1S/C15H9ClN2S/c16-11-7-5-10(6-8-11)14-9-18-13-4-2-1-3-12(13)17-15(18)19-14/h1-9H. The Kier molecular flexibility index (Phi) is 2.37. The maximum absolute atomic E-state index is 5.92. The highest BCUT2D eigenvalue weighted by molar-refractivity contribution is 7.20. The van der Waals surface area contributed by atoms with Crippen molar-refractivity contribution in [2.24, 2.45) is 0 Å². The van der Waals surface area contributed by atoms with Crippen LogP contribution >= 0.6 is 22.9 Å². The minimum absolute atomic E-state index is 0.760. The molecule has 0 unspecified atom stereocenters. The third kappa shape index (κ3) is 1.74. The highest BCUT2D eigenvalue weighted by atomic mass is 35.5. The van der Waals surface area contributed by atoms with Gasteiger partial charge in [-0.25, -0.2) is 4.98 Å². The van der Waals surface area contributed by atoms with Crippen molar-refractivity contribution in [1.29, 1.82) is 0 Å². The van der Waals surface area contributed by atoms with Crippen LogP contribution in [0.3, 0.4) is 0 Å². The molecule has 0 atom stereocenters. The summed E-state index contributed by atoms with van der Waals surface area (Å²) in [5.41, 5.74) is 3.36. The average Bonchev–Trinajstić information content (AvgIpc) is 2.97. The van der Waals surface area contributed by atoms with E-state index in [4.69, 9.17) is 11.6 Å². The zero-order valence-corrected chi connectivity index (χ0v) is 11.4. The lowest BCUT2D eigenvalue weighted by Crippen LogP contribution is -1.76. The summed E-state index contributed by atoms with van der Waals surface area (Å²) >= 11 is 7.61. The van der Waals surface area contributed by atoms with Gasteiger partial charge in [0, 0.05) is 11.2 Å². The molecule has 0 saturated heterocycles. The van der Waals surface area contributed by atoms with Crippen molar-refractivity contribution in [2.75, 3.05) is 0 Å². The molecule has 2 aromatic carbocycles. The third-order valence-corrected chi connectivity index (χ3v) is 4.42. The van der Waals surface area contributed by atoms with Crippen LogP contribution < -0.4 is 0 Å². The minimum atomic E-state index is 0.760. The number of nitrogens with zero attached hydrogens (tertiary/aromatic N) is 2. The van der Waals surface area contributed by atoms with Gasteiger partial charge in [-0.15, -0.1) is 0 Å². The molecular formula is C15H9ClN2S. The lowest BCUT2D eigenvalue weighted by molar-refractivity contribution is 1.28. The molecule has 2 heterocycles. The first-order valence-corrected chi connectivity index (χ1v) is 7.13. The summed E-state index contributed by atoms with van der Waals surface area (Å²) in [6, 6.07) is 16.1. The Morgan fingerprint density at radius 1 is 1.00 bits per heavy atom. The summed E-state index contributed by atoms with van der Waals surface area (Å²) < 4.78 is 2.14. The number of fused-ring (bicyclic) bond motifs is 3. The molecule has 0 bridgehead atoms. The Hall–Kier alpha value is -1.84. The fraction of sp³-hybridized carbons (Fsp3) is 0. The number of hydrogen-bond donors (Lipinski definition) is 0. The number of benzene rings is 2. The monoisotopic (exact) mass is 284 g/mol. The molecule has 4 rings (SSSR count). The van der Waals surface area contributed by atoms with Crippen molar-refractivity contribution < 1.29 is 0 Å². The molecular weight excluding hydrogens is 276 g/mol.